The quantitative estimate of drug-likeness (QED) is 0.260. The van der Waals surface area contributed by atoms with E-state index in [0.29, 0.717) is 11.4 Å². The van der Waals surface area contributed by atoms with Crippen molar-refractivity contribution in [1.29, 1.82) is 0 Å². The van der Waals surface area contributed by atoms with Crippen LogP contribution in [0.3, 0.4) is 0 Å². The van der Waals surface area contributed by atoms with Gasteiger partial charge in [-0.2, -0.15) is 0 Å². The molecule has 172 valence electrons. The van der Waals surface area contributed by atoms with Crippen LogP contribution in [-0.4, -0.2) is 14.5 Å². The van der Waals surface area contributed by atoms with Crippen molar-refractivity contribution in [3.8, 4) is 28.3 Å². The zero-order chi connectivity index (χ0) is 29.2. The van der Waals surface area contributed by atoms with Gasteiger partial charge in [-0.15, -0.1) is 0 Å². The summed E-state index contributed by atoms with van der Waals surface area (Å²) in [4.78, 5) is 9.67. The van der Waals surface area contributed by atoms with Gasteiger partial charge in [0.2, 0.25) is 5.71 Å². The van der Waals surface area contributed by atoms with Crippen LogP contribution in [0, 0.1) is 13.7 Å². The Morgan fingerprint density at radius 2 is 1.47 bits per heavy atom. The number of aromatic nitrogens is 3. The lowest BCUT2D eigenvalue weighted by Gasteiger charge is -2.09. The number of benzene rings is 4. The Morgan fingerprint density at radius 3 is 2.31 bits per heavy atom. The topological polar surface area (TPSA) is 43.9 Å². The van der Waals surface area contributed by atoms with E-state index in [9.17, 15) is 0 Å². The van der Waals surface area contributed by atoms with E-state index in [1.807, 2.05) is 72.8 Å². The second-order valence-corrected chi connectivity index (χ2v) is 8.66. The van der Waals surface area contributed by atoms with Crippen molar-refractivity contribution >= 4 is 33.1 Å². The number of furan rings is 1. The molecule has 0 fully saturated rings. The van der Waals surface area contributed by atoms with Crippen molar-refractivity contribution in [2.75, 3.05) is 0 Å². The summed E-state index contributed by atoms with van der Waals surface area (Å²) in [5.74, 6) is 0.699. The average molecular weight is 472 g/mol. The van der Waals surface area contributed by atoms with Crippen molar-refractivity contribution in [2.45, 2.75) is 13.7 Å². The number of aryl methyl sites for hydroxylation is 2. The molecule has 0 atom stereocenters. The molecule has 3 heterocycles. The molecule has 4 nitrogen and oxygen atoms in total. The molecule has 0 aliphatic carbocycles. The Bertz CT molecular complexity index is 2090. The van der Waals surface area contributed by atoms with E-state index in [0.717, 1.165) is 33.1 Å². The van der Waals surface area contributed by atoms with Crippen LogP contribution in [0.25, 0.3) is 61.4 Å². The maximum absolute atomic E-state index is 8.06. The highest BCUT2D eigenvalue weighted by Gasteiger charge is 2.20. The number of hydrogen-bond acceptors (Lipinski definition) is 3. The van der Waals surface area contributed by atoms with Crippen LogP contribution < -0.4 is 0 Å². The maximum atomic E-state index is 8.06. The van der Waals surface area contributed by atoms with Crippen LogP contribution in [0.1, 0.15) is 19.4 Å². The molecule has 7 rings (SSSR count). The Balaban J connectivity index is 1.48. The van der Waals surface area contributed by atoms with E-state index in [1.165, 1.54) is 18.2 Å². The summed E-state index contributed by atoms with van der Waals surface area (Å²) >= 11 is 0. The molecule has 0 saturated carbocycles. The van der Waals surface area contributed by atoms with Gasteiger partial charge in [0.15, 0.2) is 0 Å². The van der Waals surface area contributed by atoms with E-state index in [1.54, 1.807) is 12.1 Å². The number of pyridine rings is 1. The average Bonchev–Trinajstić information content (AvgIpc) is 3.54. The van der Waals surface area contributed by atoms with Crippen LogP contribution >= 0.6 is 0 Å². The third-order valence-electron chi connectivity index (χ3n) is 6.50. The Morgan fingerprint density at radius 1 is 0.694 bits per heavy atom. The maximum Gasteiger partial charge on any atom is 0.227 e. The molecule has 4 heteroatoms. The monoisotopic (exact) mass is 471 g/mol. The Hall–Kier alpha value is -4.70. The summed E-state index contributed by atoms with van der Waals surface area (Å²) in [5, 5.41) is 1.54. The van der Waals surface area contributed by atoms with Gasteiger partial charge in [-0.25, -0.2) is 9.97 Å². The molecule has 0 unspecified atom stereocenters. The molecule has 4 aromatic carbocycles. The lowest BCUT2D eigenvalue weighted by molar-refractivity contribution is 0.655. The predicted molar refractivity (Wildman–Crippen MR) is 146 cm³/mol. The summed E-state index contributed by atoms with van der Waals surface area (Å²) < 4.78 is 56.9. The van der Waals surface area contributed by atoms with Gasteiger partial charge in [0.25, 0.3) is 0 Å². The highest BCUT2D eigenvalue weighted by Crippen LogP contribution is 2.38. The number of nitrogens with zero attached hydrogens (tertiary/aromatic N) is 3. The number of para-hydroxylation sites is 4. The fourth-order valence-electron chi connectivity index (χ4n) is 4.87. The molecular weight excluding hydrogens is 442 g/mol. The zero-order valence-electron chi connectivity index (χ0n) is 25.1. The van der Waals surface area contributed by atoms with Crippen molar-refractivity contribution in [3.05, 3.63) is 114 Å². The van der Waals surface area contributed by atoms with Gasteiger partial charge >= 0.3 is 0 Å². The minimum absolute atomic E-state index is 0.0728. The van der Waals surface area contributed by atoms with Crippen LogP contribution in [-0.2, 0) is 0 Å². The van der Waals surface area contributed by atoms with Gasteiger partial charge in [-0.3, -0.25) is 4.57 Å². The molecule has 36 heavy (non-hydrogen) atoms. The van der Waals surface area contributed by atoms with Gasteiger partial charge in [0.1, 0.15) is 11.4 Å². The summed E-state index contributed by atoms with van der Waals surface area (Å²) in [6.45, 7) is -5.07. The molecule has 0 saturated heterocycles. The van der Waals surface area contributed by atoms with Crippen LogP contribution in [0.2, 0.25) is 0 Å². The van der Waals surface area contributed by atoms with Crippen molar-refractivity contribution in [3.63, 3.8) is 0 Å². The van der Waals surface area contributed by atoms with Crippen LogP contribution in [0.15, 0.2) is 108 Å². The summed E-state index contributed by atoms with van der Waals surface area (Å²) in [5.41, 5.74) is 4.50. The van der Waals surface area contributed by atoms with Gasteiger partial charge in [0.05, 0.1) is 22.3 Å². The first-order valence-electron chi connectivity index (χ1n) is 14.6. The highest BCUT2D eigenvalue weighted by molar-refractivity contribution is 6.09. The molecule has 0 amide bonds. The fourth-order valence-corrected chi connectivity index (χ4v) is 4.87. The first-order chi connectivity index (χ1) is 20.1. The summed E-state index contributed by atoms with van der Waals surface area (Å²) in [6.07, 6.45) is 0. The molecule has 0 bridgehead atoms. The Labute approximate surface area is 216 Å². The molecule has 3 aromatic heterocycles. The summed E-state index contributed by atoms with van der Waals surface area (Å²) in [7, 11) is 0. The van der Waals surface area contributed by atoms with E-state index in [-0.39, 0.29) is 28.1 Å². The highest BCUT2D eigenvalue weighted by atomic mass is 16.3. The van der Waals surface area contributed by atoms with Crippen LogP contribution in [0.4, 0.5) is 0 Å². The van der Waals surface area contributed by atoms with Crippen molar-refractivity contribution < 1.29 is 12.6 Å². The molecule has 7 aromatic rings. The van der Waals surface area contributed by atoms with Crippen molar-refractivity contribution in [1.82, 2.24) is 14.5 Å². The number of fused-ring (bicyclic) bond motifs is 4. The number of imidazole rings is 1. The number of hydrogen-bond donors (Lipinski definition) is 0. The van der Waals surface area contributed by atoms with E-state index in [4.69, 9.17) is 22.6 Å². The van der Waals surface area contributed by atoms with Crippen molar-refractivity contribution in [2.24, 2.45) is 0 Å². The molecule has 0 spiro atoms. The fraction of sp³-hybridized carbons (Fsp3) is 0.0625. The van der Waals surface area contributed by atoms with Gasteiger partial charge in [0, 0.05) is 30.2 Å². The smallest absolute Gasteiger partial charge is 0.227 e. The second-order valence-electron chi connectivity index (χ2n) is 8.66. The molecule has 0 aliphatic heterocycles. The van der Waals surface area contributed by atoms with Gasteiger partial charge < -0.3 is 4.42 Å². The van der Waals surface area contributed by atoms with E-state index < -0.39 is 13.7 Å². The number of rotatable bonds is 3. The summed E-state index contributed by atoms with van der Waals surface area (Å²) in [6, 6.07) is 31.5. The first-order valence-corrected chi connectivity index (χ1v) is 11.6. The largest absolute Gasteiger partial charge is 0.437 e. The first kappa shape index (κ1) is 15.3. The second kappa shape index (κ2) is 7.92. The molecule has 0 radical (unpaired) electrons. The van der Waals surface area contributed by atoms with E-state index >= 15 is 0 Å². The third-order valence-corrected chi connectivity index (χ3v) is 6.50. The molecular formula is C32H23N3O. The Kier molecular flexibility index (Phi) is 3.37. The standard InChI is InChI=1S/C32H23N3O/c1-20-10-8-11-21(2)29(20)27-19-18-24-23-14-9-15-25(30(23)36-32(24)34-27)31-33-26-16-6-7-17-28(26)35(31)22-12-4-3-5-13-22/h3-19H,1-2H3/i1D3,2D3. The normalized spacial score (nSPS) is 14.8. The van der Waals surface area contributed by atoms with Gasteiger partial charge in [-0.05, 0) is 67.3 Å². The minimum atomic E-state index is -2.54. The molecule has 0 N–H and O–H groups in total. The lowest BCUT2D eigenvalue weighted by Crippen LogP contribution is -1.97. The van der Waals surface area contributed by atoms with Crippen LogP contribution in [0.5, 0.6) is 0 Å². The third kappa shape index (κ3) is 3.08. The lowest BCUT2D eigenvalue weighted by atomic mass is 9.99. The predicted octanol–water partition coefficient (Wildman–Crippen LogP) is 8.27. The molecule has 0 aliphatic rings. The SMILES string of the molecule is [2H]C([2H])([2H])c1cccc(C([2H])([2H])[2H])c1-c1ccc2c(n1)oc1c(-c3nc4ccccc4n3-c3ccccc3)cccc12. The zero-order valence-corrected chi connectivity index (χ0v) is 19.1. The van der Waals surface area contributed by atoms with Gasteiger partial charge in [-0.1, -0.05) is 60.7 Å². The van der Waals surface area contributed by atoms with E-state index in [2.05, 4.69) is 4.57 Å². The minimum Gasteiger partial charge on any atom is -0.437 e.